The average molecular weight is 419 g/mol. The van der Waals surface area contributed by atoms with Gasteiger partial charge in [-0.3, -0.25) is 4.79 Å². The van der Waals surface area contributed by atoms with E-state index in [0.29, 0.717) is 11.8 Å². The Bertz CT molecular complexity index is 822. The molecule has 0 aromatic carbocycles. The van der Waals surface area contributed by atoms with Crippen LogP contribution < -0.4 is 5.32 Å². The molecule has 0 aliphatic heterocycles. The van der Waals surface area contributed by atoms with E-state index in [9.17, 15) is 4.79 Å². The Labute approximate surface area is 175 Å². The van der Waals surface area contributed by atoms with Gasteiger partial charge in [0.2, 0.25) is 5.91 Å². The highest BCUT2D eigenvalue weighted by Crippen LogP contribution is 2.38. The summed E-state index contributed by atoms with van der Waals surface area (Å²) in [6, 6.07) is 0.372. The van der Waals surface area contributed by atoms with Crippen LogP contribution in [0.3, 0.4) is 0 Å². The second kappa shape index (κ2) is 8.99. The molecule has 1 fully saturated rings. The van der Waals surface area contributed by atoms with Crippen molar-refractivity contribution in [2.45, 2.75) is 83.0 Å². The fourth-order valence-electron chi connectivity index (χ4n) is 4.35. The van der Waals surface area contributed by atoms with Gasteiger partial charge in [-0.15, -0.1) is 21.5 Å². The van der Waals surface area contributed by atoms with Crippen LogP contribution in [0.25, 0.3) is 11.4 Å². The summed E-state index contributed by atoms with van der Waals surface area (Å²) in [5, 5.41) is 15.3. The quantitative estimate of drug-likeness (QED) is 0.663. The largest absolute Gasteiger partial charge is 0.353 e. The lowest BCUT2D eigenvalue weighted by molar-refractivity contribution is -0.119. The number of carbonyl (C=O) groups is 1. The van der Waals surface area contributed by atoms with Gasteiger partial charge in [0.25, 0.3) is 0 Å². The number of nitrogens with zero attached hydrogens (tertiary/aromatic N) is 3. The summed E-state index contributed by atoms with van der Waals surface area (Å²) in [4.78, 5) is 13.8. The first kappa shape index (κ1) is 20.0. The standard InChI is InChI=1S/C21H30N4OS2/c1-3-10-25-20(17-12-27-18-11-14(2)8-9-16(17)18)23-24-21(25)28-13-19(26)22-15-6-4-5-7-15/h12,14-15H,3-11,13H2,1-2H3,(H,22,26). The van der Waals surface area contributed by atoms with E-state index < -0.39 is 0 Å². The van der Waals surface area contributed by atoms with Crippen LogP contribution in [-0.4, -0.2) is 32.5 Å². The Morgan fingerprint density at radius 1 is 1.32 bits per heavy atom. The summed E-state index contributed by atoms with van der Waals surface area (Å²) >= 11 is 3.39. The Morgan fingerprint density at radius 3 is 2.93 bits per heavy atom. The summed E-state index contributed by atoms with van der Waals surface area (Å²) in [6.07, 6.45) is 9.30. The van der Waals surface area contributed by atoms with Gasteiger partial charge < -0.3 is 9.88 Å². The van der Waals surface area contributed by atoms with Gasteiger partial charge in [-0.25, -0.2) is 0 Å². The van der Waals surface area contributed by atoms with Crippen LogP contribution in [0.2, 0.25) is 0 Å². The summed E-state index contributed by atoms with van der Waals surface area (Å²) < 4.78 is 2.22. The third kappa shape index (κ3) is 4.30. The molecule has 152 valence electrons. The smallest absolute Gasteiger partial charge is 0.230 e. The third-order valence-corrected chi connectivity index (χ3v) is 7.88. The molecule has 2 heterocycles. The van der Waals surface area contributed by atoms with Crippen molar-refractivity contribution in [2.75, 3.05) is 5.75 Å². The lowest BCUT2D eigenvalue weighted by Crippen LogP contribution is -2.33. The number of thiophene rings is 1. The maximum atomic E-state index is 12.3. The first-order valence-corrected chi connectivity index (χ1v) is 12.5. The molecular weight excluding hydrogens is 388 g/mol. The van der Waals surface area contributed by atoms with Gasteiger partial charge in [0.1, 0.15) is 0 Å². The zero-order valence-corrected chi connectivity index (χ0v) is 18.5. The fraction of sp³-hybridized carbons (Fsp3) is 0.667. The minimum atomic E-state index is 0.117. The van der Waals surface area contributed by atoms with Gasteiger partial charge in [-0.2, -0.15) is 0 Å². The van der Waals surface area contributed by atoms with E-state index in [-0.39, 0.29) is 5.91 Å². The SMILES string of the molecule is CCCn1c(SCC(=O)NC2CCCC2)nnc1-c1csc2c1CCC(C)C2. The normalized spacial score (nSPS) is 19.7. The number of carbonyl (C=O) groups excluding carboxylic acids is 1. The van der Waals surface area contributed by atoms with Crippen LogP contribution >= 0.6 is 23.1 Å². The molecule has 28 heavy (non-hydrogen) atoms. The molecule has 2 aliphatic rings. The number of hydrogen-bond acceptors (Lipinski definition) is 5. The summed E-state index contributed by atoms with van der Waals surface area (Å²) in [5.41, 5.74) is 2.73. The highest BCUT2D eigenvalue weighted by molar-refractivity contribution is 7.99. The maximum Gasteiger partial charge on any atom is 0.230 e. The van der Waals surface area contributed by atoms with Crippen LogP contribution in [0.4, 0.5) is 0 Å². The van der Waals surface area contributed by atoms with Gasteiger partial charge in [0.15, 0.2) is 11.0 Å². The molecule has 0 radical (unpaired) electrons. The van der Waals surface area contributed by atoms with Crippen molar-refractivity contribution in [1.29, 1.82) is 0 Å². The van der Waals surface area contributed by atoms with Gasteiger partial charge in [-0.1, -0.05) is 38.5 Å². The molecular formula is C21H30N4OS2. The van der Waals surface area contributed by atoms with Crippen molar-refractivity contribution in [3.8, 4) is 11.4 Å². The van der Waals surface area contributed by atoms with E-state index in [4.69, 9.17) is 0 Å². The van der Waals surface area contributed by atoms with Gasteiger partial charge in [-0.05, 0) is 50.0 Å². The van der Waals surface area contributed by atoms with Crippen molar-refractivity contribution in [1.82, 2.24) is 20.1 Å². The lowest BCUT2D eigenvalue weighted by Gasteiger charge is -2.19. The molecule has 0 spiro atoms. The van der Waals surface area contributed by atoms with E-state index in [0.717, 1.165) is 49.1 Å². The topological polar surface area (TPSA) is 59.8 Å². The number of thioether (sulfide) groups is 1. The molecule has 1 atom stereocenters. The van der Waals surface area contributed by atoms with Crippen molar-refractivity contribution in [3.63, 3.8) is 0 Å². The Kier molecular flexibility index (Phi) is 6.41. The monoisotopic (exact) mass is 418 g/mol. The molecule has 4 rings (SSSR count). The summed E-state index contributed by atoms with van der Waals surface area (Å²) in [5.74, 6) is 2.29. The van der Waals surface area contributed by atoms with E-state index in [1.165, 1.54) is 53.4 Å². The number of hydrogen-bond donors (Lipinski definition) is 1. The molecule has 2 aromatic heterocycles. The molecule has 2 aliphatic carbocycles. The second-order valence-electron chi connectivity index (χ2n) is 8.19. The molecule has 2 aromatic rings. The fourth-order valence-corrected chi connectivity index (χ4v) is 6.37. The predicted octanol–water partition coefficient (Wildman–Crippen LogP) is 4.69. The summed E-state index contributed by atoms with van der Waals surface area (Å²) in [7, 11) is 0. The number of amides is 1. The summed E-state index contributed by atoms with van der Waals surface area (Å²) in [6.45, 7) is 5.40. The number of nitrogens with one attached hydrogen (secondary N) is 1. The van der Waals surface area contributed by atoms with Crippen molar-refractivity contribution in [2.24, 2.45) is 5.92 Å². The minimum absolute atomic E-state index is 0.117. The number of rotatable bonds is 7. The van der Waals surface area contributed by atoms with Crippen LogP contribution in [0.5, 0.6) is 0 Å². The number of fused-ring (bicyclic) bond motifs is 1. The second-order valence-corrected chi connectivity index (χ2v) is 10.1. The highest BCUT2D eigenvalue weighted by atomic mass is 32.2. The van der Waals surface area contributed by atoms with E-state index in [1.807, 2.05) is 11.3 Å². The van der Waals surface area contributed by atoms with E-state index in [2.05, 4.69) is 39.3 Å². The van der Waals surface area contributed by atoms with Gasteiger partial charge in [0.05, 0.1) is 5.75 Å². The molecule has 5 nitrogen and oxygen atoms in total. The zero-order valence-electron chi connectivity index (χ0n) is 16.9. The molecule has 0 bridgehead atoms. The molecule has 0 saturated heterocycles. The molecule has 7 heteroatoms. The Morgan fingerprint density at radius 2 is 2.14 bits per heavy atom. The first-order chi connectivity index (χ1) is 13.7. The molecule has 1 amide bonds. The molecule has 1 unspecified atom stereocenters. The van der Waals surface area contributed by atoms with Crippen molar-refractivity contribution < 1.29 is 4.79 Å². The van der Waals surface area contributed by atoms with Crippen LogP contribution in [0.1, 0.15) is 62.8 Å². The van der Waals surface area contributed by atoms with Crippen LogP contribution in [0.15, 0.2) is 10.5 Å². The Hall–Kier alpha value is -1.34. The van der Waals surface area contributed by atoms with Gasteiger partial charge in [0, 0.05) is 28.4 Å². The van der Waals surface area contributed by atoms with Crippen LogP contribution in [0, 0.1) is 5.92 Å². The zero-order chi connectivity index (χ0) is 19.5. The van der Waals surface area contributed by atoms with Gasteiger partial charge >= 0.3 is 0 Å². The number of aromatic nitrogens is 3. The first-order valence-electron chi connectivity index (χ1n) is 10.6. The minimum Gasteiger partial charge on any atom is -0.353 e. The van der Waals surface area contributed by atoms with E-state index in [1.54, 1.807) is 0 Å². The maximum absolute atomic E-state index is 12.3. The van der Waals surface area contributed by atoms with Crippen molar-refractivity contribution in [3.05, 3.63) is 15.8 Å². The molecule has 1 N–H and O–H groups in total. The third-order valence-electron chi connectivity index (χ3n) is 5.86. The van der Waals surface area contributed by atoms with E-state index >= 15 is 0 Å². The van der Waals surface area contributed by atoms with Crippen LogP contribution in [-0.2, 0) is 24.2 Å². The van der Waals surface area contributed by atoms with Crippen molar-refractivity contribution >= 4 is 29.0 Å². The lowest BCUT2D eigenvalue weighted by atomic mass is 9.88. The Balaban J connectivity index is 1.49. The predicted molar refractivity (Wildman–Crippen MR) is 116 cm³/mol. The molecule has 1 saturated carbocycles. The highest BCUT2D eigenvalue weighted by Gasteiger charge is 2.25. The average Bonchev–Trinajstić information content (AvgIpc) is 3.40.